The Bertz CT molecular complexity index is 1500. The van der Waals surface area contributed by atoms with Gasteiger partial charge in [0.1, 0.15) is 18.1 Å². The van der Waals surface area contributed by atoms with Crippen molar-refractivity contribution in [2.75, 3.05) is 45.3 Å². The first-order valence-corrected chi connectivity index (χ1v) is 14.9. The quantitative estimate of drug-likeness (QED) is 0.195. The molecule has 222 valence electrons. The van der Waals surface area contributed by atoms with Crippen molar-refractivity contribution < 1.29 is 19.3 Å². The highest BCUT2D eigenvalue weighted by molar-refractivity contribution is 6.32. The summed E-state index contributed by atoms with van der Waals surface area (Å²) in [5, 5.41) is 14.1. The molecule has 7 nitrogen and oxygen atoms in total. The summed E-state index contributed by atoms with van der Waals surface area (Å²) in [7, 11) is 1.63. The zero-order valence-electron chi connectivity index (χ0n) is 24.8. The summed E-state index contributed by atoms with van der Waals surface area (Å²) in [4.78, 5) is 6.92. The summed E-state index contributed by atoms with van der Waals surface area (Å²) < 4.78 is 18.1. The number of aliphatic hydroxyl groups excluding tert-OH is 1. The average molecular weight is 590 g/mol. The van der Waals surface area contributed by atoms with E-state index in [1.165, 1.54) is 5.56 Å². The van der Waals surface area contributed by atoms with E-state index in [0.29, 0.717) is 40.5 Å². The molecule has 0 spiro atoms. The first-order valence-electron chi connectivity index (χ1n) is 14.5. The molecule has 0 radical (unpaired) electrons. The van der Waals surface area contributed by atoms with Crippen molar-refractivity contribution in [2.45, 2.75) is 39.0 Å². The normalized spacial score (nSPS) is 14.6. The fourth-order valence-corrected chi connectivity index (χ4v) is 5.39. The third-order valence-corrected chi connectivity index (χ3v) is 8.10. The second-order valence-corrected chi connectivity index (χ2v) is 12.3. The van der Waals surface area contributed by atoms with Gasteiger partial charge in [-0.15, -0.1) is 0 Å². The van der Waals surface area contributed by atoms with Gasteiger partial charge < -0.3 is 24.6 Å². The number of likely N-dealkylation sites (tertiary alicyclic amines) is 1. The minimum absolute atomic E-state index is 0.107. The molecule has 2 heterocycles. The number of piperidine rings is 1. The standard InChI is InChI=1S/C34H40ClN3O4/c1-34(2,3)24-5-7-25(8-6-24)37-26-9-10-31(28(35)19-26)42-30-11-14-36-29-21-33(32(40-4)20-27(29)30)41-18-17-38-15-12-23(22-39)13-16-38/h5-11,14,19-21,23,37,39H,12-13,15-18,22H2,1-4H3. The Hall–Kier alpha value is -3.52. The smallest absolute Gasteiger partial charge is 0.163 e. The average Bonchev–Trinajstić information content (AvgIpc) is 2.98. The van der Waals surface area contributed by atoms with Crippen LogP contribution in [-0.2, 0) is 5.41 Å². The molecule has 42 heavy (non-hydrogen) atoms. The molecule has 1 aromatic heterocycles. The highest BCUT2D eigenvalue weighted by atomic mass is 35.5. The third-order valence-electron chi connectivity index (χ3n) is 7.81. The number of anilines is 2. The molecular weight excluding hydrogens is 550 g/mol. The fourth-order valence-electron chi connectivity index (χ4n) is 5.17. The van der Waals surface area contributed by atoms with Crippen LogP contribution in [0.2, 0.25) is 5.02 Å². The van der Waals surface area contributed by atoms with Crippen molar-refractivity contribution in [3.05, 3.63) is 77.4 Å². The molecule has 0 atom stereocenters. The number of hydrogen-bond donors (Lipinski definition) is 2. The molecule has 0 aliphatic carbocycles. The highest BCUT2D eigenvalue weighted by Gasteiger charge is 2.19. The molecule has 0 amide bonds. The topological polar surface area (TPSA) is 76.1 Å². The molecule has 0 saturated carbocycles. The second-order valence-electron chi connectivity index (χ2n) is 11.8. The van der Waals surface area contributed by atoms with Crippen LogP contribution in [0.4, 0.5) is 11.4 Å². The second kappa shape index (κ2) is 13.2. The van der Waals surface area contributed by atoms with Crippen LogP contribution in [0.5, 0.6) is 23.0 Å². The van der Waals surface area contributed by atoms with Crippen LogP contribution in [0.25, 0.3) is 10.9 Å². The lowest BCUT2D eigenvalue weighted by atomic mass is 9.87. The molecule has 1 fully saturated rings. The number of methoxy groups -OCH3 is 1. The Morgan fingerprint density at radius 1 is 0.929 bits per heavy atom. The number of ether oxygens (including phenoxy) is 3. The zero-order valence-corrected chi connectivity index (χ0v) is 25.6. The lowest BCUT2D eigenvalue weighted by Gasteiger charge is -2.30. The Labute approximate surface area is 253 Å². The number of pyridine rings is 1. The van der Waals surface area contributed by atoms with Gasteiger partial charge in [-0.2, -0.15) is 0 Å². The highest BCUT2D eigenvalue weighted by Crippen LogP contribution is 2.39. The first-order chi connectivity index (χ1) is 20.2. The zero-order chi connectivity index (χ0) is 29.7. The summed E-state index contributed by atoms with van der Waals surface area (Å²) in [6, 6.07) is 19.7. The van der Waals surface area contributed by atoms with E-state index in [1.807, 2.05) is 36.4 Å². The van der Waals surface area contributed by atoms with Crippen molar-refractivity contribution in [1.29, 1.82) is 0 Å². The minimum Gasteiger partial charge on any atom is -0.493 e. The summed E-state index contributed by atoms with van der Waals surface area (Å²) in [6.45, 7) is 10.2. The maximum atomic E-state index is 9.37. The van der Waals surface area contributed by atoms with Crippen LogP contribution in [0.15, 0.2) is 66.9 Å². The largest absolute Gasteiger partial charge is 0.493 e. The van der Waals surface area contributed by atoms with Gasteiger partial charge in [0, 0.05) is 42.2 Å². The number of aliphatic hydroxyl groups is 1. The minimum atomic E-state index is 0.107. The summed E-state index contributed by atoms with van der Waals surface area (Å²) in [5.41, 5.74) is 3.99. The number of nitrogens with zero attached hydrogens (tertiary/aromatic N) is 2. The van der Waals surface area contributed by atoms with E-state index in [0.717, 1.165) is 54.8 Å². The van der Waals surface area contributed by atoms with Gasteiger partial charge in [-0.3, -0.25) is 9.88 Å². The predicted molar refractivity (Wildman–Crippen MR) is 170 cm³/mol. The van der Waals surface area contributed by atoms with Gasteiger partial charge in [0.05, 0.1) is 17.6 Å². The van der Waals surface area contributed by atoms with Gasteiger partial charge >= 0.3 is 0 Å². The van der Waals surface area contributed by atoms with Crippen molar-refractivity contribution >= 4 is 33.9 Å². The monoisotopic (exact) mass is 589 g/mol. The number of halogens is 1. The lowest BCUT2D eigenvalue weighted by molar-refractivity contribution is 0.118. The number of rotatable bonds is 10. The van der Waals surface area contributed by atoms with Crippen LogP contribution in [0.3, 0.4) is 0 Å². The molecule has 1 aliphatic heterocycles. The van der Waals surface area contributed by atoms with E-state index < -0.39 is 0 Å². The maximum absolute atomic E-state index is 9.37. The van der Waals surface area contributed by atoms with E-state index in [-0.39, 0.29) is 12.0 Å². The molecule has 0 unspecified atom stereocenters. The van der Waals surface area contributed by atoms with Crippen LogP contribution < -0.4 is 19.5 Å². The number of nitrogens with one attached hydrogen (secondary N) is 1. The van der Waals surface area contributed by atoms with Crippen molar-refractivity contribution in [3.63, 3.8) is 0 Å². The molecule has 8 heteroatoms. The number of fused-ring (bicyclic) bond motifs is 1. The van der Waals surface area contributed by atoms with E-state index in [1.54, 1.807) is 13.3 Å². The number of hydrogen-bond acceptors (Lipinski definition) is 7. The Kier molecular flexibility index (Phi) is 9.41. The van der Waals surface area contributed by atoms with Gasteiger partial charge in [-0.1, -0.05) is 44.5 Å². The SMILES string of the molecule is COc1cc2c(Oc3ccc(Nc4ccc(C(C)(C)C)cc4)cc3Cl)ccnc2cc1OCCN1CCC(CO)CC1. The van der Waals surface area contributed by atoms with Gasteiger partial charge in [-0.25, -0.2) is 0 Å². The van der Waals surface area contributed by atoms with E-state index >= 15 is 0 Å². The molecular formula is C34H40ClN3O4. The van der Waals surface area contributed by atoms with Crippen LogP contribution >= 0.6 is 11.6 Å². The number of benzene rings is 3. The summed E-state index contributed by atoms with van der Waals surface area (Å²) in [6.07, 6.45) is 3.76. The van der Waals surface area contributed by atoms with Crippen molar-refractivity contribution in [3.8, 4) is 23.0 Å². The van der Waals surface area contributed by atoms with Gasteiger partial charge in [0.25, 0.3) is 0 Å². The Morgan fingerprint density at radius 3 is 2.33 bits per heavy atom. The van der Waals surface area contributed by atoms with Crippen molar-refractivity contribution in [2.24, 2.45) is 5.92 Å². The lowest BCUT2D eigenvalue weighted by Crippen LogP contribution is -2.37. The van der Waals surface area contributed by atoms with E-state index in [4.69, 9.17) is 25.8 Å². The summed E-state index contributed by atoms with van der Waals surface area (Å²) in [5.74, 6) is 2.84. The third kappa shape index (κ3) is 7.27. The fraction of sp³-hybridized carbons (Fsp3) is 0.382. The van der Waals surface area contributed by atoms with Crippen LogP contribution in [-0.4, -0.2) is 54.9 Å². The molecule has 1 saturated heterocycles. The maximum Gasteiger partial charge on any atom is 0.163 e. The Balaban J connectivity index is 1.26. The van der Waals surface area contributed by atoms with Gasteiger partial charge in [0.15, 0.2) is 11.5 Å². The molecule has 4 aromatic rings. The van der Waals surface area contributed by atoms with Gasteiger partial charge in [0.2, 0.25) is 0 Å². The molecule has 0 bridgehead atoms. The number of aromatic nitrogens is 1. The molecule has 1 aliphatic rings. The van der Waals surface area contributed by atoms with Crippen LogP contribution in [0, 0.1) is 5.92 Å². The molecule has 2 N–H and O–H groups in total. The van der Waals surface area contributed by atoms with Crippen LogP contribution in [0.1, 0.15) is 39.2 Å². The first kappa shape index (κ1) is 30.0. The van der Waals surface area contributed by atoms with Gasteiger partial charge in [-0.05, 0) is 85.3 Å². The van der Waals surface area contributed by atoms with E-state index in [2.05, 4.69) is 60.2 Å². The Morgan fingerprint density at radius 2 is 1.67 bits per heavy atom. The van der Waals surface area contributed by atoms with Crippen molar-refractivity contribution in [1.82, 2.24) is 9.88 Å². The van der Waals surface area contributed by atoms with E-state index in [9.17, 15) is 5.11 Å². The molecule has 5 rings (SSSR count). The predicted octanol–water partition coefficient (Wildman–Crippen LogP) is 7.81. The summed E-state index contributed by atoms with van der Waals surface area (Å²) >= 11 is 6.66. The molecule has 3 aromatic carbocycles.